The van der Waals surface area contributed by atoms with Crippen LogP contribution in [0.4, 0.5) is 17.1 Å². The predicted octanol–water partition coefficient (Wildman–Crippen LogP) is 3.66. The zero-order valence-electron chi connectivity index (χ0n) is 20.4. The standard InChI is InChI=1S/C27H32N6O3/c1-20(16-26(35)31-23-8-5-9-24(18-23)33-12-2-3-13-33)29-27(36)21-6-4-7-22(17-21)30-25(34)10-14-32-15-11-28-19-32/h4-9,11,15,17-20H,2-3,10,12-14,16H2,1H3,(H,29,36)(H,30,34)(H,31,35). The van der Waals surface area contributed by atoms with E-state index in [0.29, 0.717) is 24.2 Å². The number of carbonyl (C=O) groups is 3. The lowest BCUT2D eigenvalue weighted by Gasteiger charge is -2.19. The second-order valence-corrected chi connectivity index (χ2v) is 9.05. The number of benzene rings is 2. The summed E-state index contributed by atoms with van der Waals surface area (Å²) in [5.41, 5.74) is 2.81. The lowest BCUT2D eigenvalue weighted by Crippen LogP contribution is -2.35. The van der Waals surface area contributed by atoms with Crippen LogP contribution in [0.5, 0.6) is 0 Å². The molecule has 2 aromatic carbocycles. The topological polar surface area (TPSA) is 108 Å². The monoisotopic (exact) mass is 488 g/mol. The van der Waals surface area contributed by atoms with Gasteiger partial charge in [-0.25, -0.2) is 4.98 Å². The van der Waals surface area contributed by atoms with Crippen molar-refractivity contribution in [1.82, 2.24) is 14.9 Å². The highest BCUT2D eigenvalue weighted by Crippen LogP contribution is 2.23. The summed E-state index contributed by atoms with van der Waals surface area (Å²) in [6, 6.07) is 14.2. The average Bonchev–Trinajstić information content (AvgIpc) is 3.57. The van der Waals surface area contributed by atoms with Gasteiger partial charge in [-0.1, -0.05) is 12.1 Å². The molecule has 9 heteroatoms. The minimum atomic E-state index is -0.368. The Morgan fingerprint density at radius 2 is 1.69 bits per heavy atom. The first-order valence-electron chi connectivity index (χ1n) is 12.3. The van der Waals surface area contributed by atoms with Crippen LogP contribution in [-0.4, -0.2) is 46.4 Å². The molecule has 0 bridgehead atoms. The molecule has 188 valence electrons. The summed E-state index contributed by atoms with van der Waals surface area (Å²) in [5.74, 6) is -0.624. The lowest BCUT2D eigenvalue weighted by molar-refractivity contribution is -0.117. The van der Waals surface area contributed by atoms with Crippen molar-refractivity contribution in [2.75, 3.05) is 28.6 Å². The molecule has 9 nitrogen and oxygen atoms in total. The molecule has 1 saturated heterocycles. The number of rotatable bonds is 10. The highest BCUT2D eigenvalue weighted by atomic mass is 16.2. The summed E-state index contributed by atoms with van der Waals surface area (Å²) in [6.07, 6.45) is 7.93. The third-order valence-corrected chi connectivity index (χ3v) is 6.03. The summed E-state index contributed by atoms with van der Waals surface area (Å²) < 4.78 is 1.82. The van der Waals surface area contributed by atoms with Gasteiger partial charge in [0.15, 0.2) is 0 Å². The van der Waals surface area contributed by atoms with Gasteiger partial charge in [-0.05, 0) is 56.2 Å². The van der Waals surface area contributed by atoms with Crippen molar-refractivity contribution in [3.63, 3.8) is 0 Å². The molecule has 4 rings (SSSR count). The number of hydrogen-bond donors (Lipinski definition) is 3. The van der Waals surface area contributed by atoms with Crippen LogP contribution in [-0.2, 0) is 16.1 Å². The maximum atomic E-state index is 12.7. The quantitative estimate of drug-likeness (QED) is 0.404. The molecule has 0 aliphatic carbocycles. The summed E-state index contributed by atoms with van der Waals surface area (Å²) in [4.78, 5) is 43.8. The van der Waals surface area contributed by atoms with Crippen LogP contribution in [0.3, 0.4) is 0 Å². The molecule has 3 N–H and O–H groups in total. The minimum absolute atomic E-state index is 0.143. The van der Waals surface area contributed by atoms with E-state index in [0.717, 1.165) is 24.5 Å². The van der Waals surface area contributed by atoms with Crippen LogP contribution in [0.15, 0.2) is 67.3 Å². The van der Waals surface area contributed by atoms with E-state index in [4.69, 9.17) is 0 Å². The molecule has 0 spiro atoms. The van der Waals surface area contributed by atoms with Crippen LogP contribution < -0.4 is 20.9 Å². The zero-order valence-corrected chi connectivity index (χ0v) is 20.4. The van der Waals surface area contributed by atoms with E-state index in [1.165, 1.54) is 12.8 Å². The fourth-order valence-corrected chi connectivity index (χ4v) is 4.22. The molecule has 3 aromatic rings. The van der Waals surface area contributed by atoms with Crippen molar-refractivity contribution in [3.8, 4) is 0 Å². The SMILES string of the molecule is CC(CC(=O)Nc1cccc(N2CCCC2)c1)NC(=O)c1cccc(NC(=O)CCn2ccnc2)c1. The van der Waals surface area contributed by atoms with E-state index >= 15 is 0 Å². The highest BCUT2D eigenvalue weighted by Gasteiger charge is 2.16. The first-order valence-corrected chi connectivity index (χ1v) is 12.3. The van der Waals surface area contributed by atoms with Gasteiger partial charge < -0.3 is 25.4 Å². The molecule has 2 heterocycles. The number of hydrogen-bond acceptors (Lipinski definition) is 5. The number of aryl methyl sites for hydroxylation is 1. The first-order chi connectivity index (χ1) is 17.5. The Bertz CT molecular complexity index is 1190. The van der Waals surface area contributed by atoms with Crippen LogP contribution >= 0.6 is 0 Å². The van der Waals surface area contributed by atoms with Gasteiger partial charge >= 0.3 is 0 Å². The van der Waals surface area contributed by atoms with Crippen LogP contribution in [0.1, 0.15) is 43.0 Å². The maximum Gasteiger partial charge on any atom is 0.251 e. The van der Waals surface area contributed by atoms with Gasteiger partial charge in [0.25, 0.3) is 5.91 Å². The maximum absolute atomic E-state index is 12.7. The summed E-state index contributed by atoms with van der Waals surface area (Å²) in [7, 11) is 0. The van der Waals surface area contributed by atoms with Gasteiger partial charge in [-0.3, -0.25) is 14.4 Å². The second-order valence-electron chi connectivity index (χ2n) is 9.05. The van der Waals surface area contributed by atoms with E-state index in [9.17, 15) is 14.4 Å². The van der Waals surface area contributed by atoms with Crippen LogP contribution in [0.25, 0.3) is 0 Å². The number of nitrogens with one attached hydrogen (secondary N) is 3. The number of carbonyl (C=O) groups excluding carboxylic acids is 3. The molecule has 0 radical (unpaired) electrons. The normalized spacial score (nSPS) is 13.8. The molecule has 3 amide bonds. The number of aromatic nitrogens is 2. The molecule has 1 aromatic heterocycles. The lowest BCUT2D eigenvalue weighted by atomic mass is 10.1. The molecule has 1 aliphatic heterocycles. The Morgan fingerprint density at radius 3 is 2.44 bits per heavy atom. The average molecular weight is 489 g/mol. The molecule has 1 unspecified atom stereocenters. The van der Waals surface area contributed by atoms with Crippen molar-refractivity contribution < 1.29 is 14.4 Å². The van der Waals surface area contributed by atoms with E-state index in [1.807, 2.05) is 22.8 Å². The third-order valence-electron chi connectivity index (χ3n) is 6.03. The van der Waals surface area contributed by atoms with Gasteiger partial charge in [0.1, 0.15) is 0 Å². The molecule has 1 fully saturated rings. The number of anilines is 3. The minimum Gasteiger partial charge on any atom is -0.371 e. The van der Waals surface area contributed by atoms with E-state index in [1.54, 1.807) is 49.9 Å². The van der Waals surface area contributed by atoms with E-state index in [-0.39, 0.29) is 30.2 Å². The highest BCUT2D eigenvalue weighted by molar-refractivity contribution is 5.98. The van der Waals surface area contributed by atoms with Gasteiger partial charge in [0.05, 0.1) is 6.33 Å². The van der Waals surface area contributed by atoms with Crippen molar-refractivity contribution in [1.29, 1.82) is 0 Å². The molecular formula is C27H32N6O3. The van der Waals surface area contributed by atoms with Crippen LogP contribution in [0, 0.1) is 0 Å². The van der Waals surface area contributed by atoms with Gasteiger partial charge in [0, 0.05) is 73.5 Å². The zero-order chi connectivity index (χ0) is 25.3. The van der Waals surface area contributed by atoms with E-state index in [2.05, 4.69) is 31.9 Å². The van der Waals surface area contributed by atoms with Gasteiger partial charge in [-0.2, -0.15) is 0 Å². The largest absolute Gasteiger partial charge is 0.371 e. The molecular weight excluding hydrogens is 456 g/mol. The number of imidazole rings is 1. The smallest absolute Gasteiger partial charge is 0.251 e. The fraction of sp³-hybridized carbons (Fsp3) is 0.333. The van der Waals surface area contributed by atoms with Crippen molar-refractivity contribution in [2.24, 2.45) is 0 Å². The second kappa shape index (κ2) is 12.0. The summed E-state index contributed by atoms with van der Waals surface area (Å²) in [6.45, 7) is 4.39. The summed E-state index contributed by atoms with van der Waals surface area (Å²) >= 11 is 0. The van der Waals surface area contributed by atoms with Gasteiger partial charge in [-0.15, -0.1) is 0 Å². The van der Waals surface area contributed by atoms with Gasteiger partial charge in [0.2, 0.25) is 11.8 Å². The Balaban J connectivity index is 1.25. The van der Waals surface area contributed by atoms with Crippen LogP contribution in [0.2, 0.25) is 0 Å². The predicted molar refractivity (Wildman–Crippen MR) is 140 cm³/mol. The molecule has 1 aliphatic rings. The Morgan fingerprint density at radius 1 is 0.972 bits per heavy atom. The molecule has 0 saturated carbocycles. The summed E-state index contributed by atoms with van der Waals surface area (Å²) in [5, 5.41) is 8.61. The number of nitrogens with zero attached hydrogens (tertiary/aromatic N) is 3. The Kier molecular flexibility index (Phi) is 8.33. The third kappa shape index (κ3) is 7.18. The van der Waals surface area contributed by atoms with Crippen molar-refractivity contribution >= 4 is 34.8 Å². The first kappa shape index (κ1) is 25.0. The molecule has 36 heavy (non-hydrogen) atoms. The fourth-order valence-electron chi connectivity index (χ4n) is 4.22. The van der Waals surface area contributed by atoms with Crippen molar-refractivity contribution in [3.05, 3.63) is 72.8 Å². The van der Waals surface area contributed by atoms with Crippen molar-refractivity contribution in [2.45, 2.75) is 45.2 Å². The Labute approximate surface area is 210 Å². The molecule has 1 atom stereocenters. The number of amides is 3. The Hall–Kier alpha value is -4.14. The van der Waals surface area contributed by atoms with E-state index < -0.39 is 0 Å².